The third-order valence-corrected chi connectivity index (χ3v) is 4.22. The Labute approximate surface area is 94.5 Å². The molecule has 1 aromatic heterocycles. The van der Waals surface area contributed by atoms with Gasteiger partial charge in [0, 0.05) is 22.3 Å². The Hall–Kier alpha value is -0.0500. The fourth-order valence-corrected chi connectivity index (χ4v) is 2.72. The average Bonchev–Trinajstić information content (AvgIpc) is 2.89. The first kappa shape index (κ1) is 10.5. The molecule has 1 N–H and O–H groups in total. The maximum Gasteiger partial charge on any atom is 0.0516 e. The van der Waals surface area contributed by atoms with Gasteiger partial charge in [-0.05, 0) is 38.7 Å². The fraction of sp³-hybridized carbons (Fsp3) is 0.636. The van der Waals surface area contributed by atoms with Gasteiger partial charge in [-0.25, -0.2) is 0 Å². The summed E-state index contributed by atoms with van der Waals surface area (Å²) in [5.74, 6) is 0.873. The summed E-state index contributed by atoms with van der Waals surface area (Å²) in [7, 11) is 0. The standard InChI is InChI=1S/C11H16ClNS/c1-11(2,8-3-4-8)13-6-10-5-9(12)7-14-10/h5,7-8,13H,3-4,6H2,1-2H3. The molecule has 1 nitrogen and oxygen atoms in total. The van der Waals surface area contributed by atoms with Crippen molar-refractivity contribution in [1.82, 2.24) is 5.32 Å². The van der Waals surface area contributed by atoms with Crippen molar-refractivity contribution < 1.29 is 0 Å². The van der Waals surface area contributed by atoms with Gasteiger partial charge in [0.25, 0.3) is 0 Å². The van der Waals surface area contributed by atoms with Crippen molar-refractivity contribution in [2.24, 2.45) is 5.92 Å². The van der Waals surface area contributed by atoms with Crippen molar-refractivity contribution in [3.63, 3.8) is 0 Å². The molecule has 1 fully saturated rings. The van der Waals surface area contributed by atoms with Crippen LogP contribution in [0.3, 0.4) is 0 Å². The molecule has 1 aromatic rings. The zero-order valence-corrected chi connectivity index (χ0v) is 10.2. The molecule has 14 heavy (non-hydrogen) atoms. The van der Waals surface area contributed by atoms with Crippen LogP contribution in [0.15, 0.2) is 11.4 Å². The molecule has 0 unspecified atom stereocenters. The van der Waals surface area contributed by atoms with Gasteiger partial charge in [-0.3, -0.25) is 0 Å². The molecule has 0 radical (unpaired) electrons. The summed E-state index contributed by atoms with van der Waals surface area (Å²) >= 11 is 7.60. The Bertz CT molecular complexity index is 315. The van der Waals surface area contributed by atoms with Crippen molar-refractivity contribution >= 4 is 22.9 Å². The summed E-state index contributed by atoms with van der Waals surface area (Å²) in [5.41, 5.74) is 0.288. The number of nitrogens with one attached hydrogen (secondary N) is 1. The Morgan fingerprint density at radius 3 is 2.79 bits per heavy atom. The van der Waals surface area contributed by atoms with E-state index in [9.17, 15) is 0 Å². The second kappa shape index (κ2) is 3.84. The highest BCUT2D eigenvalue weighted by Gasteiger charge is 2.37. The SMILES string of the molecule is CC(C)(NCc1cc(Cl)cs1)C1CC1. The molecule has 0 aliphatic heterocycles. The van der Waals surface area contributed by atoms with Crippen LogP contribution in [0.5, 0.6) is 0 Å². The van der Waals surface area contributed by atoms with E-state index in [0.29, 0.717) is 0 Å². The first-order valence-electron chi connectivity index (χ1n) is 5.06. The summed E-state index contributed by atoms with van der Waals surface area (Å²) in [6.45, 7) is 5.53. The van der Waals surface area contributed by atoms with Crippen molar-refractivity contribution in [3.05, 3.63) is 21.3 Å². The molecule has 1 heterocycles. The fourth-order valence-electron chi connectivity index (χ4n) is 1.71. The molecule has 0 atom stereocenters. The summed E-state index contributed by atoms with van der Waals surface area (Å²) in [6.07, 6.45) is 2.76. The molecular weight excluding hydrogens is 214 g/mol. The minimum Gasteiger partial charge on any atom is -0.307 e. The van der Waals surface area contributed by atoms with Crippen LogP contribution in [-0.4, -0.2) is 5.54 Å². The molecule has 0 aromatic carbocycles. The van der Waals surface area contributed by atoms with Crippen LogP contribution in [0.25, 0.3) is 0 Å². The van der Waals surface area contributed by atoms with Gasteiger partial charge in [0.15, 0.2) is 0 Å². The second-order valence-corrected chi connectivity index (χ2v) is 6.01. The van der Waals surface area contributed by atoms with Gasteiger partial charge >= 0.3 is 0 Å². The molecule has 0 amide bonds. The molecule has 1 aliphatic carbocycles. The minimum atomic E-state index is 0.288. The number of thiophene rings is 1. The monoisotopic (exact) mass is 229 g/mol. The lowest BCUT2D eigenvalue weighted by Crippen LogP contribution is -2.40. The highest BCUT2D eigenvalue weighted by molar-refractivity contribution is 7.10. The predicted octanol–water partition coefficient (Wildman–Crippen LogP) is 3.68. The number of hydrogen-bond donors (Lipinski definition) is 1. The van der Waals surface area contributed by atoms with Gasteiger partial charge in [0.1, 0.15) is 0 Å². The Balaban J connectivity index is 1.87. The maximum atomic E-state index is 5.87. The Kier molecular flexibility index (Phi) is 2.87. The average molecular weight is 230 g/mol. The molecule has 0 saturated heterocycles. The van der Waals surface area contributed by atoms with Crippen molar-refractivity contribution in [3.8, 4) is 0 Å². The van der Waals surface area contributed by atoms with Gasteiger partial charge < -0.3 is 5.32 Å². The number of halogens is 1. The first-order chi connectivity index (χ1) is 6.58. The van der Waals surface area contributed by atoms with Gasteiger partial charge in [-0.15, -0.1) is 11.3 Å². The van der Waals surface area contributed by atoms with E-state index in [0.717, 1.165) is 17.5 Å². The van der Waals surface area contributed by atoms with E-state index in [2.05, 4.69) is 19.2 Å². The largest absolute Gasteiger partial charge is 0.307 e. The van der Waals surface area contributed by atoms with Crippen LogP contribution in [0.1, 0.15) is 31.6 Å². The van der Waals surface area contributed by atoms with Crippen LogP contribution >= 0.6 is 22.9 Å². The highest BCUT2D eigenvalue weighted by atomic mass is 35.5. The number of hydrogen-bond acceptors (Lipinski definition) is 2. The molecule has 78 valence electrons. The Morgan fingerprint density at radius 1 is 1.57 bits per heavy atom. The quantitative estimate of drug-likeness (QED) is 0.831. The van der Waals surface area contributed by atoms with E-state index in [1.54, 1.807) is 11.3 Å². The van der Waals surface area contributed by atoms with E-state index in [4.69, 9.17) is 11.6 Å². The normalized spacial score (nSPS) is 17.4. The van der Waals surface area contributed by atoms with Gasteiger partial charge in [0.05, 0.1) is 5.02 Å². The van der Waals surface area contributed by atoms with Crippen LogP contribution < -0.4 is 5.32 Å². The zero-order valence-electron chi connectivity index (χ0n) is 8.64. The summed E-state index contributed by atoms with van der Waals surface area (Å²) < 4.78 is 0. The molecule has 1 aliphatic rings. The molecule has 0 bridgehead atoms. The third-order valence-electron chi connectivity index (χ3n) is 2.94. The third kappa shape index (κ3) is 2.50. The molecule has 1 saturated carbocycles. The summed E-state index contributed by atoms with van der Waals surface area (Å²) in [6, 6.07) is 2.04. The van der Waals surface area contributed by atoms with Crippen LogP contribution in [0.4, 0.5) is 0 Å². The van der Waals surface area contributed by atoms with E-state index in [1.165, 1.54) is 17.7 Å². The minimum absolute atomic E-state index is 0.288. The van der Waals surface area contributed by atoms with Crippen LogP contribution in [-0.2, 0) is 6.54 Å². The predicted molar refractivity (Wildman–Crippen MR) is 63.0 cm³/mol. The Morgan fingerprint density at radius 2 is 2.29 bits per heavy atom. The smallest absolute Gasteiger partial charge is 0.0516 e. The highest BCUT2D eigenvalue weighted by Crippen LogP contribution is 2.39. The van der Waals surface area contributed by atoms with Crippen LogP contribution in [0.2, 0.25) is 5.02 Å². The zero-order chi connectivity index (χ0) is 10.2. The molecule has 3 heteroatoms. The lowest BCUT2D eigenvalue weighted by atomic mass is 9.99. The van der Waals surface area contributed by atoms with Crippen molar-refractivity contribution in [2.75, 3.05) is 0 Å². The number of rotatable bonds is 4. The summed E-state index contributed by atoms with van der Waals surface area (Å²) in [5, 5.41) is 6.45. The lowest BCUT2D eigenvalue weighted by molar-refractivity contribution is 0.341. The topological polar surface area (TPSA) is 12.0 Å². The van der Waals surface area contributed by atoms with E-state index in [1.807, 2.05) is 11.4 Å². The van der Waals surface area contributed by atoms with E-state index in [-0.39, 0.29) is 5.54 Å². The van der Waals surface area contributed by atoms with E-state index < -0.39 is 0 Å². The van der Waals surface area contributed by atoms with E-state index >= 15 is 0 Å². The molecule has 2 rings (SSSR count). The van der Waals surface area contributed by atoms with Crippen molar-refractivity contribution in [2.45, 2.75) is 38.8 Å². The first-order valence-corrected chi connectivity index (χ1v) is 6.31. The second-order valence-electron chi connectivity index (χ2n) is 4.58. The van der Waals surface area contributed by atoms with Gasteiger partial charge in [0.2, 0.25) is 0 Å². The maximum absolute atomic E-state index is 5.87. The molecular formula is C11H16ClNS. The van der Waals surface area contributed by atoms with Gasteiger partial charge in [-0.1, -0.05) is 11.6 Å². The lowest BCUT2D eigenvalue weighted by Gasteiger charge is -2.25. The van der Waals surface area contributed by atoms with Gasteiger partial charge in [-0.2, -0.15) is 0 Å². The molecule has 0 spiro atoms. The van der Waals surface area contributed by atoms with Crippen molar-refractivity contribution in [1.29, 1.82) is 0 Å². The van der Waals surface area contributed by atoms with Crippen LogP contribution in [0, 0.1) is 5.92 Å². The summed E-state index contributed by atoms with van der Waals surface area (Å²) in [4.78, 5) is 1.32.